The summed E-state index contributed by atoms with van der Waals surface area (Å²) in [5.41, 5.74) is 0. The topological polar surface area (TPSA) is 17.1 Å². The van der Waals surface area contributed by atoms with Gasteiger partial charge in [-0.15, -0.1) is 0 Å². The molecule has 0 rings (SSSR count). The van der Waals surface area contributed by atoms with E-state index < -0.39 is 0 Å². The van der Waals surface area contributed by atoms with Gasteiger partial charge >= 0.3 is 106 Å². The first-order chi connectivity index (χ1) is 1.00. The van der Waals surface area contributed by atoms with Crippen molar-refractivity contribution >= 4 is 86.6 Å². The molecule has 0 aromatic carbocycles. The van der Waals surface area contributed by atoms with E-state index in [1.165, 1.54) is 0 Å². The molecule has 0 bridgehead atoms. The van der Waals surface area contributed by atoms with Crippen LogP contribution < -0.4 is 0 Å². The molecular formula is H4BaCaCuLaO. The van der Waals surface area contributed by atoms with Gasteiger partial charge in [0.1, 0.15) is 0 Å². The van der Waals surface area contributed by atoms with Gasteiger partial charge in [-0.3, -0.25) is 0 Å². The molecule has 0 N–H and O–H groups in total. The Morgan fingerprint density at radius 2 is 1.20 bits per heavy atom. The third kappa shape index (κ3) is 17.8. The molecule has 1 nitrogen and oxygen atoms in total. The molecule has 5 heteroatoms. The van der Waals surface area contributed by atoms with E-state index in [9.17, 15) is 0 Å². The average Bonchev–Trinajstić information content (AvgIpc) is 1.00. The summed E-state index contributed by atoms with van der Waals surface area (Å²) in [4.78, 5) is 0. The molecule has 0 aliphatic heterocycles. The van der Waals surface area contributed by atoms with E-state index in [0.717, 1.165) is 0 Å². The summed E-state index contributed by atoms with van der Waals surface area (Å²) in [6, 6.07) is 0. The summed E-state index contributed by atoms with van der Waals surface area (Å²) in [7, 11) is 0. The predicted molar refractivity (Wildman–Crippen MR) is 17.8 cm³/mol. The molecule has 0 fully saturated rings. The van der Waals surface area contributed by atoms with Gasteiger partial charge in [0.05, 0.1) is 0 Å². The van der Waals surface area contributed by atoms with E-state index in [2.05, 4.69) is 15.9 Å². The van der Waals surface area contributed by atoms with Gasteiger partial charge < -0.3 is 0 Å². The normalized spacial score (nSPS) is 1.20. The second kappa shape index (κ2) is 23.8. The summed E-state index contributed by atoms with van der Waals surface area (Å²) < 4.78 is 7.81. The summed E-state index contributed by atoms with van der Waals surface area (Å²) in [6.07, 6.45) is 0. The molecule has 0 heterocycles. The fraction of sp³-hybridized carbons (Fsp3) is 0. The Morgan fingerprint density at radius 3 is 1.20 bits per heavy atom. The monoisotopic (exact) mass is 400 g/mol. The van der Waals surface area contributed by atoms with Gasteiger partial charge in [-0.25, -0.2) is 0 Å². The fourth-order valence-electron chi connectivity index (χ4n) is 0. The van der Waals surface area contributed by atoms with Gasteiger partial charge in [0.15, 0.2) is 0 Å². The van der Waals surface area contributed by atoms with Gasteiger partial charge in [-0.1, -0.05) is 0 Å². The average molecular weight is 400 g/mol. The Morgan fingerprint density at radius 1 is 1.20 bits per heavy atom. The van der Waals surface area contributed by atoms with E-state index in [0.29, 0.717) is 0 Å². The quantitative estimate of drug-likeness (QED) is 0.433. The Kier molecular flexibility index (Phi) is 109. The molecule has 0 aromatic heterocycles. The maximum absolute atomic E-state index is 7.81. The molecular weight excluding hydrogens is 396 g/mol. The van der Waals surface area contributed by atoms with Crippen LogP contribution in [0.1, 0.15) is 0 Å². The zero-order valence-electron chi connectivity index (χ0n) is 1.29. The third-order valence-corrected chi connectivity index (χ3v) is 0. The van der Waals surface area contributed by atoms with Crippen molar-refractivity contribution in [2.75, 3.05) is 0 Å². The molecule has 1 radical (unpaired) electrons. The molecule has 0 saturated heterocycles. The van der Waals surface area contributed by atoms with Crippen LogP contribution in [-0.4, -0.2) is 86.6 Å². The van der Waals surface area contributed by atoms with Crippen molar-refractivity contribution in [1.29, 1.82) is 0 Å². The first-order valence-corrected chi connectivity index (χ1v) is 0.508. The minimum absolute atomic E-state index is 0. The molecule has 28 valence electrons. The zero-order chi connectivity index (χ0) is 2.00. The van der Waals surface area contributed by atoms with Gasteiger partial charge in [0.25, 0.3) is 0 Å². The third-order valence-electron chi connectivity index (χ3n) is 0. The molecule has 0 unspecified atom stereocenters. The van der Waals surface area contributed by atoms with Gasteiger partial charge in [0.2, 0.25) is 0 Å². The van der Waals surface area contributed by atoms with Crippen molar-refractivity contribution in [2.45, 2.75) is 0 Å². The molecule has 0 aliphatic carbocycles. The number of hydrogen-bond acceptors (Lipinski definition) is 1. The van der Waals surface area contributed by atoms with Crippen LogP contribution in [0.5, 0.6) is 0 Å². The standard InChI is InChI=1S/Ba.Ca.Cu.La.O.4H. The Hall–Kier alpha value is 4.35. The van der Waals surface area contributed by atoms with Crippen LogP contribution in [0.25, 0.3) is 0 Å². The molecule has 0 saturated carbocycles. The van der Waals surface area contributed by atoms with Crippen molar-refractivity contribution in [2.24, 2.45) is 0 Å². The van der Waals surface area contributed by atoms with E-state index in [1.54, 1.807) is 0 Å². The summed E-state index contributed by atoms with van der Waals surface area (Å²) >= 11 is 2.94. The van der Waals surface area contributed by atoms with Crippen molar-refractivity contribution in [3.63, 3.8) is 0 Å². The molecule has 0 aromatic rings. The van der Waals surface area contributed by atoms with Crippen molar-refractivity contribution in [3.8, 4) is 0 Å². The summed E-state index contributed by atoms with van der Waals surface area (Å²) in [6.45, 7) is 0. The Bertz CT molecular complexity index is 11.6. The van der Waals surface area contributed by atoms with Crippen LogP contribution in [0.4, 0.5) is 0 Å². The van der Waals surface area contributed by atoms with Crippen molar-refractivity contribution in [3.05, 3.63) is 0 Å². The maximum atomic E-state index is 7.81. The van der Waals surface area contributed by atoms with E-state index in [-0.39, 0.29) is 122 Å². The van der Waals surface area contributed by atoms with E-state index in [4.69, 9.17) is 3.83 Å². The summed E-state index contributed by atoms with van der Waals surface area (Å²) in [5.74, 6) is 0. The van der Waals surface area contributed by atoms with Crippen LogP contribution in [0.3, 0.4) is 0 Å². The van der Waals surface area contributed by atoms with Gasteiger partial charge in [-0.05, 0) is 0 Å². The van der Waals surface area contributed by atoms with Crippen LogP contribution in [0.2, 0.25) is 0 Å². The second-order valence-corrected chi connectivity index (χ2v) is 0. The number of rotatable bonds is 0. The second-order valence-electron chi connectivity index (χ2n) is 0. The Balaban J connectivity index is -0.00000000167. The molecule has 0 aliphatic rings. The van der Waals surface area contributed by atoms with Crippen LogP contribution in [0, 0.1) is 35.6 Å². The molecule has 5 heavy (non-hydrogen) atoms. The van der Waals surface area contributed by atoms with Crippen LogP contribution >= 0.6 is 0 Å². The fourth-order valence-corrected chi connectivity index (χ4v) is 0. The SMILES string of the molecule is [BaH2].[CaH2].[La].[O]=[Cu]. The Labute approximate surface area is 137 Å². The van der Waals surface area contributed by atoms with Crippen LogP contribution in [0.15, 0.2) is 0 Å². The number of hydrogen-bond donors (Lipinski definition) is 0. The van der Waals surface area contributed by atoms with E-state index >= 15 is 0 Å². The van der Waals surface area contributed by atoms with Crippen molar-refractivity contribution < 1.29 is 55.4 Å². The molecule has 0 amide bonds. The first-order valence-electron chi connectivity index (χ1n) is 0.123. The minimum atomic E-state index is 0. The molecule has 0 spiro atoms. The van der Waals surface area contributed by atoms with E-state index in [1.807, 2.05) is 0 Å². The van der Waals surface area contributed by atoms with Gasteiger partial charge in [-0.2, -0.15) is 0 Å². The summed E-state index contributed by atoms with van der Waals surface area (Å²) in [5, 5.41) is 0. The van der Waals surface area contributed by atoms with Crippen LogP contribution in [-0.2, 0) is 19.8 Å². The zero-order valence-corrected chi connectivity index (χ0v) is 5.85. The first kappa shape index (κ1) is 22.8. The van der Waals surface area contributed by atoms with Gasteiger partial charge in [0, 0.05) is 35.6 Å². The predicted octanol–water partition coefficient (Wildman–Crippen LogP) is -1.95. The molecule has 0 atom stereocenters. The van der Waals surface area contributed by atoms with Crippen molar-refractivity contribution in [1.82, 2.24) is 0 Å².